The van der Waals surface area contributed by atoms with Crippen LogP contribution in [0.25, 0.3) is 0 Å². The molecule has 0 aliphatic rings. The van der Waals surface area contributed by atoms with Crippen molar-refractivity contribution in [3.63, 3.8) is 0 Å². The molecule has 2 heterocycles. The van der Waals surface area contributed by atoms with Crippen molar-refractivity contribution in [3.05, 3.63) is 63.2 Å². The highest BCUT2D eigenvalue weighted by Gasteiger charge is 2.19. The first kappa shape index (κ1) is 20.1. The quantitative estimate of drug-likeness (QED) is 0.483. The van der Waals surface area contributed by atoms with Crippen molar-refractivity contribution < 1.29 is 14.5 Å². The number of hydrogen-bond acceptors (Lipinski definition) is 6. The molecule has 0 saturated heterocycles. The Bertz CT molecular complexity index is 1070. The fraction of sp³-hybridized carbons (Fsp3) is 0.316. The van der Waals surface area contributed by atoms with Crippen molar-refractivity contribution in [2.75, 3.05) is 12.4 Å². The number of benzene rings is 1. The summed E-state index contributed by atoms with van der Waals surface area (Å²) in [5, 5.41) is 22.2. The number of rotatable bonds is 7. The van der Waals surface area contributed by atoms with E-state index in [2.05, 4.69) is 15.5 Å². The number of anilines is 1. The van der Waals surface area contributed by atoms with E-state index in [9.17, 15) is 14.9 Å². The number of carbonyl (C=O) groups excluding carboxylic acids is 1. The van der Waals surface area contributed by atoms with Gasteiger partial charge in [0.15, 0.2) is 0 Å². The van der Waals surface area contributed by atoms with Crippen molar-refractivity contribution in [3.8, 4) is 5.75 Å². The number of nitrogens with zero attached hydrogens (tertiary/aromatic N) is 5. The second-order valence-corrected chi connectivity index (χ2v) is 6.63. The van der Waals surface area contributed by atoms with Crippen LogP contribution in [0.5, 0.6) is 5.75 Å². The molecule has 10 heteroatoms. The van der Waals surface area contributed by atoms with Crippen LogP contribution in [-0.2, 0) is 17.9 Å². The summed E-state index contributed by atoms with van der Waals surface area (Å²) in [6.07, 6.45) is 1.14. The van der Waals surface area contributed by atoms with Crippen LogP contribution in [0.2, 0.25) is 0 Å². The minimum atomic E-state index is -0.520. The van der Waals surface area contributed by atoms with Gasteiger partial charge in [0.2, 0.25) is 5.91 Å². The topological polar surface area (TPSA) is 117 Å². The fourth-order valence-corrected chi connectivity index (χ4v) is 3.07. The molecule has 0 saturated carbocycles. The number of ether oxygens (including phenoxy) is 1. The highest BCUT2D eigenvalue weighted by Crippen LogP contribution is 2.22. The molecule has 0 atom stereocenters. The molecule has 29 heavy (non-hydrogen) atoms. The second kappa shape index (κ2) is 8.13. The van der Waals surface area contributed by atoms with E-state index in [-0.39, 0.29) is 18.1 Å². The van der Waals surface area contributed by atoms with E-state index in [1.807, 2.05) is 42.8 Å². The first-order valence-corrected chi connectivity index (χ1v) is 8.93. The van der Waals surface area contributed by atoms with Gasteiger partial charge in [-0.3, -0.25) is 24.3 Å². The maximum atomic E-state index is 12.5. The molecule has 0 unspecified atom stereocenters. The Balaban J connectivity index is 1.74. The fourth-order valence-electron chi connectivity index (χ4n) is 3.07. The van der Waals surface area contributed by atoms with Gasteiger partial charge in [0, 0.05) is 0 Å². The zero-order valence-corrected chi connectivity index (χ0v) is 16.7. The Morgan fingerprint density at radius 1 is 1.24 bits per heavy atom. The summed E-state index contributed by atoms with van der Waals surface area (Å²) in [6, 6.07) is 7.69. The largest absolute Gasteiger partial charge is 0.497 e. The number of amides is 1. The first-order valence-electron chi connectivity index (χ1n) is 8.93. The minimum absolute atomic E-state index is 0.115. The van der Waals surface area contributed by atoms with E-state index in [1.54, 1.807) is 14.0 Å². The molecule has 0 spiro atoms. The van der Waals surface area contributed by atoms with Crippen molar-refractivity contribution in [1.82, 2.24) is 19.6 Å². The number of hydrogen-bond donors (Lipinski definition) is 1. The average molecular weight is 398 g/mol. The zero-order chi connectivity index (χ0) is 21.1. The minimum Gasteiger partial charge on any atom is -0.497 e. The highest BCUT2D eigenvalue weighted by atomic mass is 16.6. The number of nitrogens with one attached hydrogen (secondary N) is 1. The van der Waals surface area contributed by atoms with Gasteiger partial charge < -0.3 is 10.1 Å². The lowest BCUT2D eigenvalue weighted by Crippen LogP contribution is -2.21. The van der Waals surface area contributed by atoms with Crippen molar-refractivity contribution in [2.24, 2.45) is 0 Å². The van der Waals surface area contributed by atoms with Gasteiger partial charge in [-0.05, 0) is 38.5 Å². The normalized spacial score (nSPS) is 10.8. The van der Waals surface area contributed by atoms with Crippen LogP contribution in [0, 0.1) is 30.9 Å². The molecule has 0 aliphatic carbocycles. The second-order valence-electron chi connectivity index (χ2n) is 6.63. The molecule has 1 aromatic carbocycles. The van der Waals surface area contributed by atoms with E-state index in [1.165, 1.54) is 4.68 Å². The third-order valence-corrected chi connectivity index (χ3v) is 4.68. The number of carbonyl (C=O) groups is 1. The molecule has 1 N–H and O–H groups in total. The molecule has 0 bridgehead atoms. The Labute approximate surface area is 167 Å². The molecule has 10 nitrogen and oxygen atoms in total. The number of aryl methyl sites for hydroxylation is 1. The smallest absolute Gasteiger partial charge is 0.309 e. The predicted octanol–water partition coefficient (Wildman–Crippen LogP) is 2.61. The summed E-state index contributed by atoms with van der Waals surface area (Å²) >= 11 is 0. The van der Waals surface area contributed by atoms with E-state index in [0.29, 0.717) is 23.6 Å². The van der Waals surface area contributed by atoms with Gasteiger partial charge in [-0.1, -0.05) is 12.1 Å². The van der Waals surface area contributed by atoms with Crippen molar-refractivity contribution in [2.45, 2.75) is 33.9 Å². The van der Waals surface area contributed by atoms with Crippen molar-refractivity contribution in [1.29, 1.82) is 0 Å². The molecule has 0 aliphatic heterocycles. The number of nitro groups is 1. The monoisotopic (exact) mass is 398 g/mol. The first-order chi connectivity index (χ1) is 13.8. The molecule has 2 aromatic heterocycles. The highest BCUT2D eigenvalue weighted by molar-refractivity contribution is 5.91. The van der Waals surface area contributed by atoms with E-state index >= 15 is 0 Å². The van der Waals surface area contributed by atoms with Crippen molar-refractivity contribution >= 4 is 17.3 Å². The molecule has 152 valence electrons. The van der Waals surface area contributed by atoms with E-state index < -0.39 is 4.92 Å². The Morgan fingerprint density at radius 2 is 2.00 bits per heavy atom. The molecule has 3 rings (SSSR count). The third-order valence-electron chi connectivity index (χ3n) is 4.68. The van der Waals surface area contributed by atoms with Crippen LogP contribution in [0.15, 0.2) is 30.5 Å². The summed E-state index contributed by atoms with van der Waals surface area (Å²) in [5.74, 6) is 0.430. The Kier molecular flexibility index (Phi) is 5.62. The average Bonchev–Trinajstić information content (AvgIpc) is 3.16. The van der Waals surface area contributed by atoms with E-state index in [0.717, 1.165) is 23.2 Å². The van der Waals surface area contributed by atoms with Gasteiger partial charge in [-0.2, -0.15) is 10.2 Å². The van der Waals surface area contributed by atoms with Gasteiger partial charge in [0.25, 0.3) is 0 Å². The van der Waals surface area contributed by atoms with Crippen LogP contribution in [0.1, 0.15) is 22.6 Å². The van der Waals surface area contributed by atoms with Gasteiger partial charge in [0.1, 0.15) is 24.2 Å². The summed E-state index contributed by atoms with van der Waals surface area (Å²) in [7, 11) is 1.62. The van der Waals surface area contributed by atoms with Gasteiger partial charge in [0.05, 0.1) is 35.7 Å². The zero-order valence-electron chi connectivity index (χ0n) is 16.7. The van der Waals surface area contributed by atoms with Crippen LogP contribution >= 0.6 is 0 Å². The number of aromatic nitrogens is 4. The maximum absolute atomic E-state index is 12.5. The Hall–Kier alpha value is -3.69. The summed E-state index contributed by atoms with van der Waals surface area (Å²) in [5.41, 5.74) is 3.34. The maximum Gasteiger partial charge on any atom is 0.309 e. The van der Waals surface area contributed by atoms with Gasteiger partial charge in [-0.15, -0.1) is 0 Å². The molecule has 0 radical (unpaired) electrons. The molecule has 0 fully saturated rings. The number of methoxy groups -OCH3 is 1. The van der Waals surface area contributed by atoms with Crippen LogP contribution in [-0.4, -0.2) is 37.5 Å². The lowest BCUT2D eigenvalue weighted by atomic mass is 10.2. The Morgan fingerprint density at radius 3 is 2.66 bits per heavy atom. The van der Waals surface area contributed by atoms with Crippen LogP contribution < -0.4 is 10.1 Å². The van der Waals surface area contributed by atoms with Gasteiger partial charge in [-0.25, -0.2) is 0 Å². The molecule has 1 amide bonds. The molecular formula is C19H22N6O4. The van der Waals surface area contributed by atoms with Gasteiger partial charge >= 0.3 is 5.69 Å². The third kappa shape index (κ3) is 4.26. The SMILES string of the molecule is COc1cccc(Cn2nc(C)c(NC(=O)Cn3ncc([N+](=O)[O-])c3C)c2C)c1. The summed E-state index contributed by atoms with van der Waals surface area (Å²) < 4.78 is 8.36. The molecule has 3 aromatic rings. The lowest BCUT2D eigenvalue weighted by molar-refractivity contribution is -0.385. The van der Waals surface area contributed by atoms with Crippen LogP contribution in [0.3, 0.4) is 0 Å². The standard InChI is InChI=1S/C19H22N6O4/c1-12-19(21-18(26)11-23-13(2)17(9-20-23)25(27)28)14(3)24(22-12)10-15-6-5-7-16(8-15)29-4/h5-9H,10-11H2,1-4H3,(H,21,26). The van der Waals surface area contributed by atoms with E-state index in [4.69, 9.17) is 4.74 Å². The lowest BCUT2D eigenvalue weighted by Gasteiger charge is -2.09. The summed E-state index contributed by atoms with van der Waals surface area (Å²) in [6.45, 7) is 5.65. The molecular weight excluding hydrogens is 376 g/mol. The predicted molar refractivity (Wildman–Crippen MR) is 106 cm³/mol. The van der Waals surface area contributed by atoms with Crippen LogP contribution in [0.4, 0.5) is 11.4 Å². The summed E-state index contributed by atoms with van der Waals surface area (Å²) in [4.78, 5) is 22.9.